The molecule has 0 saturated carbocycles. The van der Waals surface area contributed by atoms with E-state index in [9.17, 15) is 0 Å². The Bertz CT molecular complexity index is 816. The van der Waals surface area contributed by atoms with Crippen LogP contribution in [0.15, 0.2) is 85.4 Å². The number of hydrogen-bond acceptors (Lipinski definition) is 2. The summed E-state index contributed by atoms with van der Waals surface area (Å²) in [4.78, 5) is 2.10. The van der Waals surface area contributed by atoms with Crippen LogP contribution in [0.2, 0.25) is 0 Å². The quantitative estimate of drug-likeness (QED) is 0.664. The molecule has 2 nitrogen and oxygen atoms in total. The fourth-order valence-corrected chi connectivity index (χ4v) is 2.78. The summed E-state index contributed by atoms with van der Waals surface area (Å²) in [7, 11) is 4.10. The van der Waals surface area contributed by atoms with Crippen molar-refractivity contribution in [3.8, 4) is 0 Å². The van der Waals surface area contributed by atoms with E-state index >= 15 is 0 Å². The van der Waals surface area contributed by atoms with Gasteiger partial charge in [0.15, 0.2) is 0 Å². The Labute approximate surface area is 164 Å². The maximum Gasteiger partial charge on any atom is 0.0361 e. The van der Waals surface area contributed by atoms with Crippen molar-refractivity contribution in [2.24, 2.45) is 5.73 Å². The molecular formula is C25H30N2. The molecule has 0 amide bonds. The predicted octanol–water partition coefficient (Wildman–Crippen LogP) is 5.37. The van der Waals surface area contributed by atoms with Crippen LogP contribution in [0.5, 0.6) is 0 Å². The molecule has 0 radical (unpaired) electrons. The van der Waals surface area contributed by atoms with Crippen LogP contribution in [0, 0.1) is 0 Å². The number of hydrogen-bond donors (Lipinski definition) is 1. The van der Waals surface area contributed by atoms with Gasteiger partial charge in [-0.3, -0.25) is 0 Å². The maximum atomic E-state index is 4.85. The summed E-state index contributed by atoms with van der Waals surface area (Å²) in [5.41, 5.74) is 12.1. The third-order valence-electron chi connectivity index (χ3n) is 4.29. The Balaban J connectivity index is 0.000000817. The Hall–Kier alpha value is -2.84. The zero-order valence-corrected chi connectivity index (χ0v) is 16.7. The summed E-state index contributed by atoms with van der Waals surface area (Å²) in [6.07, 6.45) is 0.963. The van der Waals surface area contributed by atoms with Crippen LogP contribution in [0.4, 0.5) is 5.69 Å². The minimum atomic E-state index is 0.750. The molecule has 0 fully saturated rings. The summed E-state index contributed by atoms with van der Waals surface area (Å²) < 4.78 is 0. The van der Waals surface area contributed by atoms with Gasteiger partial charge in [0.1, 0.15) is 0 Å². The molecular weight excluding hydrogens is 328 g/mol. The van der Waals surface area contributed by atoms with Gasteiger partial charge in [0.05, 0.1) is 0 Å². The molecule has 3 aromatic carbocycles. The maximum absolute atomic E-state index is 4.85. The van der Waals surface area contributed by atoms with Crippen molar-refractivity contribution in [1.82, 2.24) is 0 Å². The van der Waals surface area contributed by atoms with Gasteiger partial charge >= 0.3 is 0 Å². The Kier molecular flexibility index (Phi) is 7.84. The molecule has 0 bridgehead atoms. The minimum absolute atomic E-state index is 0.750. The van der Waals surface area contributed by atoms with Gasteiger partial charge in [0, 0.05) is 19.8 Å². The van der Waals surface area contributed by atoms with E-state index in [0.717, 1.165) is 24.1 Å². The SMILES string of the molecule is C=C(c1ccc(Cc2ccccc2)cc1)c1ccc(N(C)C)cc1.CCN. The average Bonchev–Trinajstić information content (AvgIpc) is 2.69. The Morgan fingerprint density at radius 1 is 0.778 bits per heavy atom. The van der Waals surface area contributed by atoms with Crippen LogP contribution in [-0.2, 0) is 6.42 Å². The minimum Gasteiger partial charge on any atom is -0.378 e. The van der Waals surface area contributed by atoms with Crippen molar-refractivity contribution in [3.63, 3.8) is 0 Å². The van der Waals surface area contributed by atoms with Crippen LogP contribution in [0.1, 0.15) is 29.2 Å². The monoisotopic (exact) mass is 358 g/mol. The van der Waals surface area contributed by atoms with Crippen LogP contribution in [0.3, 0.4) is 0 Å². The van der Waals surface area contributed by atoms with Gasteiger partial charge in [0.2, 0.25) is 0 Å². The number of rotatable bonds is 5. The number of benzene rings is 3. The van der Waals surface area contributed by atoms with Crippen molar-refractivity contribution in [2.45, 2.75) is 13.3 Å². The van der Waals surface area contributed by atoms with E-state index in [0.29, 0.717) is 0 Å². The smallest absolute Gasteiger partial charge is 0.0361 e. The second kappa shape index (κ2) is 10.3. The molecule has 3 rings (SSSR count). The highest BCUT2D eigenvalue weighted by Crippen LogP contribution is 2.24. The van der Waals surface area contributed by atoms with Gasteiger partial charge in [-0.2, -0.15) is 0 Å². The lowest BCUT2D eigenvalue weighted by Crippen LogP contribution is -2.08. The van der Waals surface area contributed by atoms with Crippen LogP contribution < -0.4 is 10.6 Å². The first-order valence-corrected chi connectivity index (χ1v) is 9.35. The number of nitrogens with zero attached hydrogens (tertiary/aromatic N) is 1. The molecule has 0 aliphatic carbocycles. The van der Waals surface area contributed by atoms with Crippen molar-refractivity contribution >= 4 is 11.3 Å². The van der Waals surface area contributed by atoms with E-state index in [-0.39, 0.29) is 0 Å². The molecule has 2 heteroatoms. The lowest BCUT2D eigenvalue weighted by molar-refractivity contribution is 1.13. The molecule has 0 aromatic heterocycles. The van der Waals surface area contributed by atoms with Gasteiger partial charge in [-0.25, -0.2) is 0 Å². The fourth-order valence-electron chi connectivity index (χ4n) is 2.78. The lowest BCUT2D eigenvalue weighted by Gasteiger charge is -2.14. The molecule has 140 valence electrons. The normalized spacial score (nSPS) is 9.93. The van der Waals surface area contributed by atoms with Gasteiger partial charge in [0.25, 0.3) is 0 Å². The highest BCUT2D eigenvalue weighted by molar-refractivity contribution is 5.78. The van der Waals surface area contributed by atoms with Gasteiger partial charge in [-0.05, 0) is 52.9 Å². The molecule has 3 aromatic rings. The summed E-state index contributed by atoms with van der Waals surface area (Å²) in [5.74, 6) is 0. The summed E-state index contributed by atoms with van der Waals surface area (Å²) >= 11 is 0. The molecule has 0 unspecified atom stereocenters. The third kappa shape index (κ3) is 6.12. The summed E-state index contributed by atoms with van der Waals surface area (Å²) in [6.45, 7) is 6.92. The number of nitrogens with two attached hydrogens (primary N) is 1. The van der Waals surface area contributed by atoms with Crippen molar-refractivity contribution < 1.29 is 0 Å². The molecule has 0 aliphatic heterocycles. The van der Waals surface area contributed by atoms with E-state index in [1.807, 2.05) is 6.92 Å². The molecule has 27 heavy (non-hydrogen) atoms. The first kappa shape index (κ1) is 20.5. The molecule has 2 N–H and O–H groups in total. The molecule has 0 atom stereocenters. The van der Waals surface area contributed by atoms with Crippen LogP contribution in [0.25, 0.3) is 5.57 Å². The molecule has 0 heterocycles. The van der Waals surface area contributed by atoms with Crippen LogP contribution >= 0.6 is 0 Å². The first-order chi connectivity index (χ1) is 13.0. The summed E-state index contributed by atoms with van der Waals surface area (Å²) in [6, 6.07) is 27.8. The topological polar surface area (TPSA) is 29.3 Å². The molecule has 0 spiro atoms. The fraction of sp³-hybridized carbons (Fsp3) is 0.200. The van der Waals surface area contributed by atoms with Gasteiger partial charge in [-0.15, -0.1) is 0 Å². The van der Waals surface area contributed by atoms with Gasteiger partial charge in [-0.1, -0.05) is 80.2 Å². The van der Waals surface area contributed by atoms with E-state index in [1.54, 1.807) is 0 Å². The first-order valence-electron chi connectivity index (χ1n) is 9.35. The molecule has 0 aliphatic rings. The van der Waals surface area contributed by atoms with E-state index < -0.39 is 0 Å². The van der Waals surface area contributed by atoms with Crippen molar-refractivity contribution in [2.75, 3.05) is 25.5 Å². The molecule has 0 saturated heterocycles. The second-order valence-electron chi connectivity index (χ2n) is 6.69. The summed E-state index contributed by atoms with van der Waals surface area (Å²) in [5, 5.41) is 0. The highest BCUT2D eigenvalue weighted by Gasteiger charge is 2.04. The van der Waals surface area contributed by atoms with Gasteiger partial charge < -0.3 is 10.6 Å². The van der Waals surface area contributed by atoms with E-state index in [1.165, 1.54) is 22.4 Å². The van der Waals surface area contributed by atoms with Crippen molar-refractivity contribution in [1.29, 1.82) is 0 Å². The standard InChI is InChI=1S/C23H23N.C2H7N/c1-18(22-13-15-23(16-14-22)24(2)3)21-11-9-20(10-12-21)17-19-7-5-4-6-8-19;1-2-3/h4-16H,1,17H2,2-3H3;2-3H2,1H3. The lowest BCUT2D eigenvalue weighted by atomic mass is 9.97. The zero-order chi connectivity index (χ0) is 19.6. The number of anilines is 1. The average molecular weight is 359 g/mol. The highest BCUT2D eigenvalue weighted by atomic mass is 15.1. The Morgan fingerprint density at radius 2 is 1.22 bits per heavy atom. The third-order valence-corrected chi connectivity index (χ3v) is 4.29. The largest absolute Gasteiger partial charge is 0.378 e. The van der Waals surface area contributed by atoms with Crippen LogP contribution in [-0.4, -0.2) is 20.6 Å². The van der Waals surface area contributed by atoms with E-state index in [2.05, 4.69) is 104 Å². The second-order valence-corrected chi connectivity index (χ2v) is 6.69. The zero-order valence-electron chi connectivity index (χ0n) is 16.7. The van der Waals surface area contributed by atoms with E-state index in [4.69, 9.17) is 5.73 Å². The predicted molar refractivity (Wildman–Crippen MR) is 119 cm³/mol. The van der Waals surface area contributed by atoms with Crippen molar-refractivity contribution in [3.05, 3.63) is 108 Å². The Morgan fingerprint density at radius 3 is 1.70 bits per heavy atom.